The van der Waals surface area contributed by atoms with Gasteiger partial charge in [0.05, 0.1) is 24.3 Å². The van der Waals surface area contributed by atoms with Gasteiger partial charge in [-0.15, -0.1) is 0 Å². The molecule has 0 heterocycles. The first kappa shape index (κ1) is 29.6. The van der Waals surface area contributed by atoms with Crippen molar-refractivity contribution in [3.63, 3.8) is 0 Å². The van der Waals surface area contributed by atoms with Gasteiger partial charge in [-0.2, -0.15) is 0 Å². The van der Waals surface area contributed by atoms with E-state index in [0.29, 0.717) is 0 Å². The molecule has 0 atom stereocenters. The van der Waals surface area contributed by atoms with Crippen LogP contribution in [0.3, 0.4) is 0 Å². The highest BCUT2D eigenvalue weighted by molar-refractivity contribution is 5.98. The van der Waals surface area contributed by atoms with Crippen molar-refractivity contribution < 1.29 is 58.6 Å². The first-order valence-corrected chi connectivity index (χ1v) is 10.6. The third-order valence-electron chi connectivity index (χ3n) is 4.27. The van der Waals surface area contributed by atoms with Gasteiger partial charge in [-0.3, -0.25) is 9.59 Å². The lowest BCUT2D eigenvalue weighted by molar-refractivity contribution is -0.146. The molecule has 4 N–H and O–H groups in total. The number of phenols is 4. The zero-order valence-electron chi connectivity index (χ0n) is 20.2. The number of phenolic OH excluding ortho intramolecular Hbond substituents is 4. The fraction of sp³-hybridized carbons (Fsp3) is 0.333. The van der Waals surface area contributed by atoms with E-state index in [2.05, 4.69) is 0 Å². The molecular formula is C24H28O12. The van der Waals surface area contributed by atoms with Gasteiger partial charge in [0.15, 0.2) is 47.8 Å². The Labute approximate surface area is 206 Å². The number of ether oxygens (including phenoxy) is 4. The average molecular weight is 508 g/mol. The summed E-state index contributed by atoms with van der Waals surface area (Å²) in [7, 11) is 0. The summed E-state index contributed by atoms with van der Waals surface area (Å²) in [5.74, 6) is -4.43. The summed E-state index contributed by atoms with van der Waals surface area (Å²) in [6, 6.07) is 5.07. The molecule has 0 aliphatic carbocycles. The number of carbonyl (C=O) groups excluding carboxylic acids is 4. The number of hydrogen-bond donors (Lipinski definition) is 4. The van der Waals surface area contributed by atoms with Crippen LogP contribution < -0.4 is 9.47 Å². The minimum Gasteiger partial charge on any atom is -0.504 e. The van der Waals surface area contributed by atoms with Crippen LogP contribution in [0, 0.1) is 0 Å². The van der Waals surface area contributed by atoms with Crippen molar-refractivity contribution >= 4 is 23.5 Å². The summed E-state index contributed by atoms with van der Waals surface area (Å²) in [5, 5.41) is 37.1. The third kappa shape index (κ3) is 8.38. The molecule has 0 unspecified atom stereocenters. The Bertz CT molecular complexity index is 1110. The van der Waals surface area contributed by atoms with Gasteiger partial charge in [-0.05, 0) is 52.0 Å². The van der Waals surface area contributed by atoms with Crippen molar-refractivity contribution in [1.29, 1.82) is 0 Å². The Hall–Kier alpha value is -4.48. The highest BCUT2D eigenvalue weighted by atomic mass is 16.6. The molecule has 0 aliphatic rings. The maximum absolute atomic E-state index is 11.5. The van der Waals surface area contributed by atoms with Gasteiger partial charge >= 0.3 is 11.9 Å². The number of carbonyl (C=O) groups is 4. The van der Waals surface area contributed by atoms with Crippen molar-refractivity contribution in [2.75, 3.05) is 26.4 Å². The van der Waals surface area contributed by atoms with E-state index in [1.54, 1.807) is 13.8 Å². The van der Waals surface area contributed by atoms with Crippen LogP contribution in [0.25, 0.3) is 0 Å². The number of benzene rings is 2. The van der Waals surface area contributed by atoms with Crippen molar-refractivity contribution in [1.82, 2.24) is 0 Å². The molecule has 0 radical (unpaired) electrons. The zero-order chi connectivity index (χ0) is 27.4. The standard InChI is InChI=1S/C16H20O8.C8H8O4/c1-4-21-13(18)8-23-12-7-6-11(10(3)17)15(20)16(12)24-9-14(19)22-5-2;1-4(9)5-2-3-6(10)8(12)7(5)11/h6-7,20H,4-5,8-9H2,1-3H3;2-3,10-12H,1H3. The predicted molar refractivity (Wildman–Crippen MR) is 124 cm³/mol. The lowest BCUT2D eigenvalue weighted by atomic mass is 10.1. The van der Waals surface area contributed by atoms with Gasteiger partial charge < -0.3 is 39.4 Å². The highest BCUT2D eigenvalue weighted by Crippen LogP contribution is 2.40. The number of hydrogen-bond acceptors (Lipinski definition) is 12. The molecule has 12 heteroatoms. The summed E-state index contributed by atoms with van der Waals surface area (Å²) >= 11 is 0. The molecular weight excluding hydrogens is 480 g/mol. The molecule has 0 bridgehead atoms. The van der Waals surface area contributed by atoms with Gasteiger partial charge in [0.25, 0.3) is 0 Å². The van der Waals surface area contributed by atoms with Gasteiger partial charge in [0.1, 0.15) is 0 Å². The van der Waals surface area contributed by atoms with Crippen molar-refractivity contribution in [3.05, 3.63) is 35.4 Å². The summed E-state index contributed by atoms with van der Waals surface area (Å²) < 4.78 is 19.9. The van der Waals surface area contributed by atoms with E-state index in [9.17, 15) is 24.3 Å². The molecule has 2 rings (SSSR count). The van der Waals surface area contributed by atoms with Crippen LogP contribution in [-0.2, 0) is 19.1 Å². The van der Waals surface area contributed by atoms with Crippen molar-refractivity contribution in [3.8, 4) is 34.5 Å². The molecule has 0 spiro atoms. The summed E-state index contributed by atoms with van der Waals surface area (Å²) in [6.45, 7) is 5.28. The van der Waals surface area contributed by atoms with Crippen LogP contribution in [0.1, 0.15) is 48.4 Å². The molecule has 2 aromatic rings. The Balaban J connectivity index is 0.000000450. The van der Waals surface area contributed by atoms with E-state index in [1.807, 2.05) is 0 Å². The molecule has 2 aromatic carbocycles. The molecule has 0 saturated heterocycles. The van der Waals surface area contributed by atoms with Crippen LogP contribution in [-0.4, -0.2) is 70.4 Å². The SMILES string of the molecule is CC(=O)c1ccc(O)c(O)c1O.CCOC(=O)COc1ccc(C(C)=O)c(O)c1OCC(=O)OCC. The van der Waals surface area contributed by atoms with Crippen LogP contribution >= 0.6 is 0 Å². The Morgan fingerprint density at radius 2 is 1.14 bits per heavy atom. The van der Waals surface area contributed by atoms with E-state index < -0.39 is 53.9 Å². The third-order valence-corrected chi connectivity index (χ3v) is 4.27. The molecule has 0 aromatic heterocycles. The Morgan fingerprint density at radius 1 is 0.667 bits per heavy atom. The smallest absolute Gasteiger partial charge is 0.344 e. The highest BCUT2D eigenvalue weighted by Gasteiger charge is 2.20. The normalized spacial score (nSPS) is 9.89. The van der Waals surface area contributed by atoms with E-state index in [-0.39, 0.29) is 41.6 Å². The van der Waals surface area contributed by atoms with E-state index >= 15 is 0 Å². The monoisotopic (exact) mass is 508 g/mol. The minimum atomic E-state index is -0.664. The predicted octanol–water partition coefficient (Wildman–Crippen LogP) is 2.48. The molecule has 196 valence electrons. The Morgan fingerprint density at radius 3 is 1.64 bits per heavy atom. The molecule has 36 heavy (non-hydrogen) atoms. The summed E-state index contributed by atoms with van der Waals surface area (Å²) in [4.78, 5) is 45.0. The van der Waals surface area contributed by atoms with Gasteiger partial charge in [-0.1, -0.05) is 0 Å². The number of Topliss-reactive ketones (excluding diaryl/α,β-unsaturated/α-hetero) is 2. The zero-order valence-corrected chi connectivity index (χ0v) is 20.2. The summed E-state index contributed by atoms with van der Waals surface area (Å²) in [6.07, 6.45) is 0. The molecule has 0 amide bonds. The molecule has 0 aliphatic heterocycles. The van der Waals surface area contributed by atoms with Gasteiger partial charge in [-0.25, -0.2) is 9.59 Å². The van der Waals surface area contributed by atoms with E-state index in [1.165, 1.54) is 32.0 Å². The second kappa shape index (κ2) is 14.0. The van der Waals surface area contributed by atoms with Crippen LogP contribution in [0.5, 0.6) is 34.5 Å². The number of esters is 2. The summed E-state index contributed by atoms with van der Waals surface area (Å²) in [5.41, 5.74) is -0.0114. The first-order chi connectivity index (χ1) is 16.9. The quantitative estimate of drug-likeness (QED) is 0.209. The fourth-order valence-corrected chi connectivity index (χ4v) is 2.62. The van der Waals surface area contributed by atoms with Crippen LogP contribution in [0.15, 0.2) is 24.3 Å². The number of rotatable bonds is 10. The largest absolute Gasteiger partial charge is 0.504 e. The Kier molecular flexibility index (Phi) is 11.5. The molecule has 0 fully saturated rings. The average Bonchev–Trinajstić information content (AvgIpc) is 2.81. The van der Waals surface area contributed by atoms with Gasteiger partial charge in [0.2, 0.25) is 11.5 Å². The maximum atomic E-state index is 11.5. The molecule has 12 nitrogen and oxygen atoms in total. The maximum Gasteiger partial charge on any atom is 0.344 e. The lowest BCUT2D eigenvalue weighted by Gasteiger charge is -2.15. The first-order valence-electron chi connectivity index (χ1n) is 10.6. The van der Waals surface area contributed by atoms with Gasteiger partial charge in [0, 0.05) is 0 Å². The number of ketones is 2. The van der Waals surface area contributed by atoms with Crippen molar-refractivity contribution in [2.24, 2.45) is 0 Å². The molecule has 0 saturated carbocycles. The van der Waals surface area contributed by atoms with E-state index in [0.717, 1.165) is 6.07 Å². The topological polar surface area (TPSA) is 186 Å². The second-order valence-electron chi connectivity index (χ2n) is 6.92. The second-order valence-corrected chi connectivity index (χ2v) is 6.92. The van der Waals surface area contributed by atoms with Crippen LogP contribution in [0.4, 0.5) is 0 Å². The van der Waals surface area contributed by atoms with Crippen molar-refractivity contribution in [2.45, 2.75) is 27.7 Å². The van der Waals surface area contributed by atoms with E-state index in [4.69, 9.17) is 34.3 Å². The lowest BCUT2D eigenvalue weighted by Crippen LogP contribution is -2.17. The minimum absolute atomic E-state index is 0.00246. The van der Waals surface area contributed by atoms with Crippen LogP contribution in [0.2, 0.25) is 0 Å². The number of aromatic hydroxyl groups is 4. The fourth-order valence-electron chi connectivity index (χ4n) is 2.62.